The fourth-order valence-electron chi connectivity index (χ4n) is 3.71. The Balaban J connectivity index is 1.69. The van der Waals surface area contributed by atoms with Crippen molar-refractivity contribution in [3.05, 3.63) is 26.6 Å². The van der Waals surface area contributed by atoms with Gasteiger partial charge in [-0.2, -0.15) is 0 Å². The zero-order chi connectivity index (χ0) is 14.4. The lowest BCUT2D eigenvalue weighted by Gasteiger charge is -2.32. The van der Waals surface area contributed by atoms with Crippen LogP contribution in [0.5, 0.6) is 0 Å². The molecular formula is C16H21N3OS. The van der Waals surface area contributed by atoms with Crippen LogP contribution >= 0.6 is 11.3 Å². The molecule has 112 valence electrons. The maximum absolute atomic E-state index is 12.4. The molecule has 0 aromatic carbocycles. The number of thiophene rings is 1. The average molecular weight is 303 g/mol. The van der Waals surface area contributed by atoms with Crippen molar-refractivity contribution in [2.75, 3.05) is 6.54 Å². The summed E-state index contributed by atoms with van der Waals surface area (Å²) in [6.45, 7) is 4.16. The van der Waals surface area contributed by atoms with Crippen LogP contribution in [0.3, 0.4) is 0 Å². The van der Waals surface area contributed by atoms with E-state index in [1.165, 1.54) is 36.1 Å². The largest absolute Gasteiger partial charge is 0.309 e. The number of nitrogens with zero attached hydrogens (tertiary/aromatic N) is 2. The molecule has 0 spiro atoms. The highest BCUT2D eigenvalue weighted by Gasteiger charge is 2.23. The summed E-state index contributed by atoms with van der Waals surface area (Å²) < 4.78 is 0. The van der Waals surface area contributed by atoms with Gasteiger partial charge in [-0.1, -0.05) is 6.42 Å². The third-order valence-corrected chi connectivity index (χ3v) is 6.10. The molecule has 1 N–H and O–H groups in total. The van der Waals surface area contributed by atoms with Crippen molar-refractivity contribution < 1.29 is 0 Å². The van der Waals surface area contributed by atoms with Crippen molar-refractivity contribution in [1.29, 1.82) is 0 Å². The normalized spacial score (nSPS) is 22.8. The number of rotatable bonds is 2. The van der Waals surface area contributed by atoms with Gasteiger partial charge in [0, 0.05) is 10.9 Å². The zero-order valence-corrected chi connectivity index (χ0v) is 13.3. The summed E-state index contributed by atoms with van der Waals surface area (Å²) in [5.41, 5.74) is 1.33. The van der Waals surface area contributed by atoms with Gasteiger partial charge < -0.3 is 4.98 Å². The summed E-state index contributed by atoms with van der Waals surface area (Å²) in [5.74, 6) is 0.834. The summed E-state index contributed by atoms with van der Waals surface area (Å²) in [7, 11) is 0. The third kappa shape index (κ3) is 2.32. The topological polar surface area (TPSA) is 49.0 Å². The summed E-state index contributed by atoms with van der Waals surface area (Å²) in [4.78, 5) is 25.0. The minimum absolute atomic E-state index is 0.0686. The predicted molar refractivity (Wildman–Crippen MR) is 86.0 cm³/mol. The molecule has 4 nitrogen and oxygen atoms in total. The van der Waals surface area contributed by atoms with Gasteiger partial charge in [-0.15, -0.1) is 11.3 Å². The Morgan fingerprint density at radius 1 is 1.33 bits per heavy atom. The highest BCUT2D eigenvalue weighted by molar-refractivity contribution is 7.18. The van der Waals surface area contributed by atoms with E-state index in [4.69, 9.17) is 4.98 Å². The van der Waals surface area contributed by atoms with E-state index in [9.17, 15) is 4.79 Å². The number of fused-ring (bicyclic) bond motifs is 3. The predicted octanol–water partition coefficient (Wildman–Crippen LogP) is 2.85. The first kappa shape index (κ1) is 13.5. The van der Waals surface area contributed by atoms with Crippen molar-refractivity contribution in [3.8, 4) is 0 Å². The Labute approximate surface area is 128 Å². The number of likely N-dealkylation sites (tertiary alicyclic amines) is 1. The fraction of sp³-hybridized carbons (Fsp3) is 0.625. The number of H-pyrrole nitrogens is 1. The molecule has 1 aliphatic carbocycles. The van der Waals surface area contributed by atoms with Gasteiger partial charge in [-0.25, -0.2) is 4.98 Å². The highest BCUT2D eigenvalue weighted by atomic mass is 32.1. The van der Waals surface area contributed by atoms with E-state index in [0.717, 1.165) is 42.0 Å². The lowest BCUT2D eigenvalue weighted by Crippen LogP contribution is -2.37. The second-order valence-corrected chi connectivity index (χ2v) is 7.45. The average Bonchev–Trinajstić information content (AvgIpc) is 3.01. The number of hydrogen-bond acceptors (Lipinski definition) is 4. The fourth-order valence-corrected chi connectivity index (χ4v) is 4.99. The summed E-state index contributed by atoms with van der Waals surface area (Å²) in [6, 6.07) is 0.591. The van der Waals surface area contributed by atoms with Crippen molar-refractivity contribution in [3.63, 3.8) is 0 Å². The minimum atomic E-state index is 0.0686. The van der Waals surface area contributed by atoms with Gasteiger partial charge in [-0.3, -0.25) is 9.69 Å². The van der Waals surface area contributed by atoms with E-state index in [2.05, 4.69) is 16.8 Å². The van der Waals surface area contributed by atoms with Gasteiger partial charge in [0.25, 0.3) is 5.56 Å². The molecule has 21 heavy (non-hydrogen) atoms. The van der Waals surface area contributed by atoms with E-state index in [0.29, 0.717) is 6.04 Å². The molecule has 2 aromatic rings. The lowest BCUT2D eigenvalue weighted by atomic mass is 10.0. The van der Waals surface area contributed by atoms with Crippen molar-refractivity contribution in [1.82, 2.24) is 14.9 Å². The molecular weight excluding hydrogens is 282 g/mol. The molecule has 4 rings (SSSR count). The van der Waals surface area contributed by atoms with Gasteiger partial charge in [0.15, 0.2) is 0 Å². The van der Waals surface area contributed by atoms with Gasteiger partial charge in [0.05, 0.1) is 11.9 Å². The number of piperidine rings is 1. The Kier molecular flexibility index (Phi) is 3.34. The number of nitrogens with one attached hydrogen (secondary N) is 1. The van der Waals surface area contributed by atoms with Crippen LogP contribution in [0, 0.1) is 0 Å². The molecule has 0 radical (unpaired) electrons. The maximum Gasteiger partial charge on any atom is 0.259 e. The number of aryl methyl sites for hydroxylation is 2. The Hall–Kier alpha value is -1.20. The molecule has 1 unspecified atom stereocenters. The Morgan fingerprint density at radius 2 is 2.24 bits per heavy atom. The SMILES string of the molecule is CC1CCCCN1Cc1nc2sc3c(c2c(=O)[nH]1)CCC3. The first-order valence-electron chi connectivity index (χ1n) is 8.00. The van der Waals surface area contributed by atoms with Gasteiger partial charge >= 0.3 is 0 Å². The minimum Gasteiger partial charge on any atom is -0.309 e. The van der Waals surface area contributed by atoms with Crippen molar-refractivity contribution in [2.45, 2.75) is 58.0 Å². The number of aromatic nitrogens is 2. The molecule has 2 aromatic heterocycles. The summed E-state index contributed by atoms with van der Waals surface area (Å²) in [6.07, 6.45) is 7.17. The highest BCUT2D eigenvalue weighted by Crippen LogP contribution is 2.34. The molecule has 1 fully saturated rings. The molecule has 0 saturated carbocycles. The van der Waals surface area contributed by atoms with Gasteiger partial charge in [0.1, 0.15) is 10.7 Å². The standard InChI is InChI=1S/C16H21N3OS/c1-10-5-2-3-8-19(10)9-13-17-15(20)14-11-6-4-7-12(11)21-16(14)18-13/h10H,2-9H2,1H3,(H,17,18,20). The number of hydrogen-bond donors (Lipinski definition) is 1. The second kappa shape index (κ2) is 5.21. The molecule has 1 atom stereocenters. The Bertz CT molecular complexity index is 733. The van der Waals surface area contributed by atoms with E-state index >= 15 is 0 Å². The van der Waals surface area contributed by atoms with Crippen molar-refractivity contribution in [2.24, 2.45) is 0 Å². The maximum atomic E-state index is 12.4. The van der Waals surface area contributed by atoms with Crippen LogP contribution in [0.2, 0.25) is 0 Å². The Morgan fingerprint density at radius 3 is 3.10 bits per heavy atom. The monoisotopic (exact) mass is 303 g/mol. The third-order valence-electron chi connectivity index (χ3n) is 4.92. The number of aromatic amines is 1. The van der Waals surface area contributed by atoms with E-state index in [1.807, 2.05) is 0 Å². The zero-order valence-electron chi connectivity index (χ0n) is 12.4. The van der Waals surface area contributed by atoms with E-state index in [1.54, 1.807) is 11.3 Å². The van der Waals surface area contributed by atoms with E-state index in [-0.39, 0.29) is 5.56 Å². The molecule has 3 heterocycles. The molecule has 5 heteroatoms. The van der Waals surface area contributed by atoms with Crippen LogP contribution < -0.4 is 5.56 Å². The van der Waals surface area contributed by atoms with Gasteiger partial charge in [0.2, 0.25) is 0 Å². The van der Waals surface area contributed by atoms with Crippen LogP contribution in [0.15, 0.2) is 4.79 Å². The molecule has 0 bridgehead atoms. The van der Waals surface area contributed by atoms with Crippen LogP contribution in [-0.4, -0.2) is 27.5 Å². The van der Waals surface area contributed by atoms with Crippen LogP contribution in [-0.2, 0) is 19.4 Å². The molecule has 1 aliphatic heterocycles. The second-order valence-electron chi connectivity index (χ2n) is 6.37. The van der Waals surface area contributed by atoms with E-state index < -0.39 is 0 Å². The first-order chi connectivity index (χ1) is 10.2. The molecule has 1 saturated heterocycles. The summed E-state index contributed by atoms with van der Waals surface area (Å²) in [5, 5.41) is 0.864. The van der Waals surface area contributed by atoms with Crippen LogP contribution in [0.4, 0.5) is 0 Å². The van der Waals surface area contributed by atoms with Gasteiger partial charge in [-0.05, 0) is 51.1 Å². The van der Waals surface area contributed by atoms with Crippen LogP contribution in [0.1, 0.15) is 48.9 Å². The quantitative estimate of drug-likeness (QED) is 0.928. The van der Waals surface area contributed by atoms with Crippen LogP contribution in [0.25, 0.3) is 10.2 Å². The summed E-state index contributed by atoms with van der Waals surface area (Å²) >= 11 is 1.73. The first-order valence-corrected chi connectivity index (χ1v) is 8.81. The lowest BCUT2D eigenvalue weighted by molar-refractivity contribution is 0.149. The van der Waals surface area contributed by atoms with Crippen molar-refractivity contribution >= 4 is 21.6 Å². The smallest absolute Gasteiger partial charge is 0.259 e. The molecule has 2 aliphatic rings. The molecule has 0 amide bonds.